The highest BCUT2D eigenvalue weighted by Gasteiger charge is 2.19. The monoisotopic (exact) mass is 333 g/mol. The first-order chi connectivity index (χ1) is 12.1. The fraction of sp³-hybridized carbons (Fsp3) is 0.250. The lowest BCUT2D eigenvalue weighted by Gasteiger charge is -2.17. The van der Waals surface area contributed by atoms with Crippen molar-refractivity contribution in [2.24, 2.45) is 0 Å². The molecule has 0 spiro atoms. The average molecular weight is 333 g/mol. The predicted octanol–water partition coefficient (Wildman–Crippen LogP) is 2.33. The molecule has 0 unspecified atom stereocenters. The minimum atomic E-state index is -0.306. The Hall–Kier alpha value is -3.13. The third-order valence-electron chi connectivity index (χ3n) is 4.23. The maximum atomic E-state index is 13.1. The summed E-state index contributed by atoms with van der Waals surface area (Å²) in [5.41, 5.74) is 2.09. The van der Waals surface area contributed by atoms with E-state index in [0.29, 0.717) is 30.6 Å². The molecule has 0 saturated carbocycles. The number of fused-ring (bicyclic) bond motifs is 1. The first-order valence-electron chi connectivity index (χ1n) is 8.31. The second-order valence-electron chi connectivity index (χ2n) is 6.05. The van der Waals surface area contributed by atoms with Crippen LogP contribution in [-0.2, 0) is 6.54 Å². The minimum absolute atomic E-state index is 0.188. The Morgan fingerprint density at radius 2 is 2.04 bits per heavy atom. The Bertz CT molecular complexity index is 1020. The molecule has 0 N–H and O–H groups in total. The maximum Gasteiger partial charge on any atom is 0.349 e. The summed E-state index contributed by atoms with van der Waals surface area (Å²) >= 11 is 0. The van der Waals surface area contributed by atoms with Gasteiger partial charge in [-0.25, -0.2) is 9.36 Å². The van der Waals surface area contributed by atoms with Gasteiger partial charge in [-0.3, -0.25) is 0 Å². The minimum Gasteiger partial charge on any atom is -0.842 e. The molecule has 0 aliphatic heterocycles. The third kappa shape index (κ3) is 3.24. The van der Waals surface area contributed by atoms with Crippen LogP contribution < -0.4 is 15.2 Å². The second-order valence-corrected chi connectivity index (χ2v) is 6.05. The van der Waals surface area contributed by atoms with Crippen LogP contribution in [-0.4, -0.2) is 4.40 Å². The Kier molecular flexibility index (Phi) is 4.80. The summed E-state index contributed by atoms with van der Waals surface area (Å²) in [7, 11) is 0. The number of hydrogen-bond acceptors (Lipinski definition) is 3. The number of unbranched alkanes of at least 4 members (excludes halogenated alkanes) is 2. The molecule has 3 rings (SSSR count). The van der Waals surface area contributed by atoms with Gasteiger partial charge in [-0.15, -0.1) is 0 Å². The number of benzene rings is 1. The Balaban J connectivity index is 2.21. The fourth-order valence-electron chi connectivity index (χ4n) is 3.01. The van der Waals surface area contributed by atoms with Crippen molar-refractivity contribution < 1.29 is 9.67 Å². The summed E-state index contributed by atoms with van der Waals surface area (Å²) in [5.74, 6) is -0.279. The highest BCUT2D eigenvalue weighted by molar-refractivity contribution is 5.67. The first kappa shape index (κ1) is 16.7. The zero-order valence-electron chi connectivity index (χ0n) is 14.1. The summed E-state index contributed by atoms with van der Waals surface area (Å²) in [6.07, 6.45) is 3.58. The van der Waals surface area contributed by atoms with Gasteiger partial charge in [-0.05, 0) is 31.4 Å². The number of hydrogen-bond donors (Lipinski definition) is 0. The van der Waals surface area contributed by atoms with E-state index in [9.17, 15) is 9.90 Å². The number of nitriles is 1. The van der Waals surface area contributed by atoms with Gasteiger partial charge in [0.2, 0.25) is 0 Å². The highest BCUT2D eigenvalue weighted by Crippen LogP contribution is 2.22. The molecule has 0 radical (unpaired) electrons. The van der Waals surface area contributed by atoms with Crippen molar-refractivity contribution in [3.63, 3.8) is 0 Å². The molecule has 5 heteroatoms. The van der Waals surface area contributed by atoms with Crippen LogP contribution in [0.15, 0.2) is 53.5 Å². The normalized spacial score (nSPS) is 10.7. The van der Waals surface area contributed by atoms with Gasteiger partial charge in [0.25, 0.3) is 5.65 Å². The van der Waals surface area contributed by atoms with E-state index >= 15 is 0 Å². The van der Waals surface area contributed by atoms with Crippen LogP contribution >= 0.6 is 0 Å². The summed E-state index contributed by atoms with van der Waals surface area (Å²) in [6.45, 7) is 2.41. The smallest absolute Gasteiger partial charge is 0.349 e. The van der Waals surface area contributed by atoms with Crippen LogP contribution in [0.5, 0.6) is 5.88 Å². The van der Waals surface area contributed by atoms with Crippen LogP contribution in [0.25, 0.3) is 16.8 Å². The molecule has 126 valence electrons. The average Bonchev–Trinajstić information content (AvgIpc) is 2.61. The Labute approximate surface area is 146 Å². The standard InChI is InChI=1S/C20H19N3O2/c1-15-8-7-9-16(14-15)18-19(24)22(12-5-2-4-11-21)17-10-3-6-13-23(17)20(18)25/h3,6-10,13-14H,2,4-5,12H2,1H3. The van der Waals surface area contributed by atoms with Crippen LogP contribution in [0.4, 0.5) is 0 Å². The van der Waals surface area contributed by atoms with Gasteiger partial charge in [0.1, 0.15) is 5.56 Å². The van der Waals surface area contributed by atoms with Crippen molar-refractivity contribution >= 4 is 5.65 Å². The molecule has 5 nitrogen and oxygen atoms in total. The number of pyridine rings is 1. The summed E-state index contributed by atoms with van der Waals surface area (Å²) < 4.78 is 3.15. The molecule has 3 aromatic rings. The molecule has 25 heavy (non-hydrogen) atoms. The largest absolute Gasteiger partial charge is 0.842 e. The topological polar surface area (TPSA) is 72.2 Å². The summed E-state index contributed by atoms with van der Waals surface area (Å²) in [5, 5.41) is 21.7. The zero-order chi connectivity index (χ0) is 17.8. The number of nitrogens with zero attached hydrogens (tertiary/aromatic N) is 3. The van der Waals surface area contributed by atoms with Gasteiger partial charge in [0.05, 0.1) is 24.7 Å². The molecule has 0 amide bonds. The lowest BCUT2D eigenvalue weighted by molar-refractivity contribution is -0.715. The highest BCUT2D eigenvalue weighted by atomic mass is 16.3. The molecule has 1 aromatic carbocycles. The molecule has 0 atom stereocenters. The fourth-order valence-corrected chi connectivity index (χ4v) is 3.01. The van der Waals surface area contributed by atoms with E-state index in [1.54, 1.807) is 29.0 Å². The van der Waals surface area contributed by atoms with Crippen molar-refractivity contribution in [2.75, 3.05) is 0 Å². The Morgan fingerprint density at radius 3 is 2.80 bits per heavy atom. The van der Waals surface area contributed by atoms with E-state index in [2.05, 4.69) is 6.07 Å². The quantitative estimate of drug-likeness (QED) is 0.531. The summed E-state index contributed by atoms with van der Waals surface area (Å²) in [6, 6.07) is 14.9. The van der Waals surface area contributed by atoms with E-state index in [-0.39, 0.29) is 17.0 Å². The summed E-state index contributed by atoms with van der Waals surface area (Å²) in [4.78, 5) is 12.9. The van der Waals surface area contributed by atoms with Gasteiger partial charge >= 0.3 is 5.56 Å². The second kappa shape index (κ2) is 7.18. The van der Waals surface area contributed by atoms with Crippen LogP contribution in [0.3, 0.4) is 0 Å². The molecule has 0 fully saturated rings. The van der Waals surface area contributed by atoms with Crippen molar-refractivity contribution in [1.29, 1.82) is 5.26 Å². The van der Waals surface area contributed by atoms with Crippen LogP contribution in [0, 0.1) is 18.3 Å². The van der Waals surface area contributed by atoms with Gasteiger partial charge < -0.3 is 5.11 Å². The van der Waals surface area contributed by atoms with Gasteiger partial charge in [-0.1, -0.05) is 35.9 Å². The van der Waals surface area contributed by atoms with E-state index in [1.165, 1.54) is 4.40 Å². The Morgan fingerprint density at radius 1 is 1.20 bits per heavy atom. The predicted molar refractivity (Wildman–Crippen MR) is 92.9 cm³/mol. The molecular formula is C20H19N3O2. The van der Waals surface area contributed by atoms with Gasteiger partial charge in [0, 0.05) is 12.5 Å². The first-order valence-corrected chi connectivity index (χ1v) is 8.31. The maximum absolute atomic E-state index is 13.1. The van der Waals surface area contributed by atoms with E-state index < -0.39 is 0 Å². The lowest BCUT2D eigenvalue weighted by atomic mass is 10.1. The molecule has 0 aliphatic carbocycles. The molecule has 0 saturated heterocycles. The van der Waals surface area contributed by atoms with E-state index in [0.717, 1.165) is 12.0 Å². The molecule has 0 aliphatic rings. The van der Waals surface area contributed by atoms with Crippen LogP contribution in [0.1, 0.15) is 24.8 Å². The number of rotatable bonds is 5. The SMILES string of the molecule is Cc1cccc(-c2c([O-])[n+](CCCCC#N)c3ccccn3c2=O)c1. The van der Waals surface area contributed by atoms with Gasteiger partial charge in [-0.2, -0.15) is 9.66 Å². The van der Waals surface area contributed by atoms with E-state index in [1.807, 2.05) is 31.2 Å². The van der Waals surface area contributed by atoms with Crippen molar-refractivity contribution in [2.45, 2.75) is 32.7 Å². The molecule has 0 bridgehead atoms. The van der Waals surface area contributed by atoms with Crippen LogP contribution in [0.2, 0.25) is 0 Å². The van der Waals surface area contributed by atoms with Crippen molar-refractivity contribution in [3.8, 4) is 23.1 Å². The molecule has 2 heterocycles. The van der Waals surface area contributed by atoms with Crippen molar-refractivity contribution in [3.05, 3.63) is 64.6 Å². The number of aryl methyl sites for hydroxylation is 2. The third-order valence-corrected chi connectivity index (χ3v) is 4.23. The van der Waals surface area contributed by atoms with E-state index in [4.69, 9.17) is 5.26 Å². The number of aromatic nitrogens is 2. The lowest BCUT2D eigenvalue weighted by Crippen LogP contribution is -2.44. The zero-order valence-corrected chi connectivity index (χ0v) is 14.1. The van der Waals surface area contributed by atoms with Gasteiger partial charge in [0.15, 0.2) is 0 Å². The van der Waals surface area contributed by atoms with Crippen molar-refractivity contribution in [1.82, 2.24) is 4.40 Å². The molecular weight excluding hydrogens is 314 g/mol. The molecule has 2 aromatic heterocycles.